The molecule has 1 fully saturated rings. The third kappa shape index (κ3) is 2.42. The second-order valence-corrected chi connectivity index (χ2v) is 3.61. The average molecular weight is 186 g/mol. The summed E-state index contributed by atoms with van der Waals surface area (Å²) in [4.78, 5) is 21.6. The molecular weight excluding hydrogens is 172 g/mol. The summed E-state index contributed by atoms with van der Waals surface area (Å²) in [5.74, 6) is -1.71. The number of hydrogen-bond donors (Lipinski definition) is 3. The predicted molar refractivity (Wildman–Crippen MR) is 46.0 cm³/mol. The van der Waals surface area contributed by atoms with Gasteiger partial charge in [-0.15, -0.1) is 0 Å². The van der Waals surface area contributed by atoms with Crippen LogP contribution in [0.3, 0.4) is 0 Å². The SMILES string of the molecule is CC(CNC(=O)C1(N)CC1)C(=O)O. The minimum atomic E-state index is -0.915. The van der Waals surface area contributed by atoms with Crippen molar-refractivity contribution in [2.45, 2.75) is 25.3 Å². The van der Waals surface area contributed by atoms with Gasteiger partial charge in [-0.2, -0.15) is 0 Å². The van der Waals surface area contributed by atoms with Gasteiger partial charge >= 0.3 is 5.97 Å². The lowest BCUT2D eigenvalue weighted by molar-refractivity contribution is -0.141. The molecular formula is C8H14N2O3. The molecule has 0 aromatic rings. The highest BCUT2D eigenvalue weighted by Gasteiger charge is 2.45. The zero-order valence-electron chi connectivity index (χ0n) is 7.54. The minimum absolute atomic E-state index is 0.146. The molecule has 5 heteroatoms. The maximum Gasteiger partial charge on any atom is 0.308 e. The van der Waals surface area contributed by atoms with Gasteiger partial charge in [0, 0.05) is 6.54 Å². The molecule has 0 heterocycles. The number of amides is 1. The molecule has 13 heavy (non-hydrogen) atoms. The Kier molecular flexibility index (Phi) is 2.56. The van der Waals surface area contributed by atoms with Gasteiger partial charge in [0.05, 0.1) is 11.5 Å². The van der Waals surface area contributed by atoms with Crippen molar-refractivity contribution in [1.82, 2.24) is 5.32 Å². The summed E-state index contributed by atoms with van der Waals surface area (Å²) in [6, 6.07) is 0. The van der Waals surface area contributed by atoms with E-state index in [1.807, 2.05) is 0 Å². The highest BCUT2D eigenvalue weighted by atomic mass is 16.4. The molecule has 0 radical (unpaired) electrons. The van der Waals surface area contributed by atoms with E-state index in [4.69, 9.17) is 10.8 Å². The molecule has 0 saturated heterocycles. The van der Waals surface area contributed by atoms with Gasteiger partial charge in [-0.25, -0.2) is 0 Å². The molecule has 1 aliphatic carbocycles. The molecule has 0 aromatic carbocycles. The molecule has 74 valence electrons. The Morgan fingerprint density at radius 3 is 2.54 bits per heavy atom. The van der Waals surface area contributed by atoms with E-state index in [2.05, 4.69) is 5.32 Å². The van der Waals surface area contributed by atoms with E-state index >= 15 is 0 Å². The largest absolute Gasteiger partial charge is 0.481 e. The quantitative estimate of drug-likeness (QED) is 0.542. The van der Waals surface area contributed by atoms with Gasteiger partial charge < -0.3 is 16.2 Å². The van der Waals surface area contributed by atoms with Gasteiger partial charge in [-0.1, -0.05) is 6.92 Å². The first kappa shape index (κ1) is 9.98. The van der Waals surface area contributed by atoms with E-state index in [1.54, 1.807) is 6.92 Å². The molecule has 5 nitrogen and oxygen atoms in total. The number of nitrogens with two attached hydrogens (primary N) is 1. The topological polar surface area (TPSA) is 92.4 Å². The van der Waals surface area contributed by atoms with Crippen molar-refractivity contribution in [3.63, 3.8) is 0 Å². The second-order valence-electron chi connectivity index (χ2n) is 3.61. The maximum absolute atomic E-state index is 11.2. The van der Waals surface area contributed by atoms with Gasteiger partial charge in [-0.3, -0.25) is 9.59 Å². The van der Waals surface area contributed by atoms with Gasteiger partial charge in [-0.05, 0) is 12.8 Å². The van der Waals surface area contributed by atoms with E-state index in [0.717, 1.165) is 0 Å². The first-order valence-electron chi connectivity index (χ1n) is 4.26. The molecule has 1 rings (SSSR count). The Morgan fingerprint density at radius 2 is 2.15 bits per heavy atom. The highest BCUT2D eigenvalue weighted by Crippen LogP contribution is 2.31. The van der Waals surface area contributed by atoms with Gasteiger partial charge in [0.1, 0.15) is 0 Å². The molecule has 0 spiro atoms. The lowest BCUT2D eigenvalue weighted by Crippen LogP contribution is -2.44. The molecule has 1 amide bonds. The summed E-state index contributed by atoms with van der Waals surface area (Å²) < 4.78 is 0. The van der Waals surface area contributed by atoms with E-state index in [1.165, 1.54) is 0 Å². The summed E-state index contributed by atoms with van der Waals surface area (Å²) in [6.45, 7) is 1.69. The second kappa shape index (κ2) is 3.33. The van der Waals surface area contributed by atoms with Crippen molar-refractivity contribution < 1.29 is 14.7 Å². The van der Waals surface area contributed by atoms with Crippen LogP contribution in [0.5, 0.6) is 0 Å². The summed E-state index contributed by atoms with van der Waals surface area (Å²) in [5.41, 5.74) is 4.88. The summed E-state index contributed by atoms with van der Waals surface area (Å²) in [7, 11) is 0. The van der Waals surface area contributed by atoms with Crippen molar-refractivity contribution in [1.29, 1.82) is 0 Å². The van der Waals surface area contributed by atoms with Crippen LogP contribution in [0.2, 0.25) is 0 Å². The first-order chi connectivity index (χ1) is 5.96. The monoisotopic (exact) mass is 186 g/mol. The summed E-state index contributed by atoms with van der Waals surface area (Å²) >= 11 is 0. The van der Waals surface area contributed by atoms with Crippen LogP contribution < -0.4 is 11.1 Å². The Balaban J connectivity index is 2.26. The van der Waals surface area contributed by atoms with Crippen LogP contribution in [0.1, 0.15) is 19.8 Å². The van der Waals surface area contributed by atoms with Gasteiger partial charge in [0.2, 0.25) is 5.91 Å². The fourth-order valence-electron chi connectivity index (χ4n) is 0.871. The van der Waals surface area contributed by atoms with Crippen molar-refractivity contribution in [2.75, 3.05) is 6.54 Å². The van der Waals surface area contributed by atoms with E-state index in [-0.39, 0.29) is 12.5 Å². The van der Waals surface area contributed by atoms with Crippen LogP contribution in [0, 0.1) is 5.92 Å². The molecule has 1 unspecified atom stereocenters. The molecule has 0 aliphatic heterocycles. The standard InChI is InChI=1S/C8H14N2O3/c1-5(6(11)12)4-10-7(13)8(9)2-3-8/h5H,2-4,9H2,1H3,(H,10,13)(H,11,12). The van der Waals surface area contributed by atoms with Crippen LogP contribution in [-0.4, -0.2) is 29.1 Å². The number of carbonyl (C=O) groups excluding carboxylic acids is 1. The smallest absolute Gasteiger partial charge is 0.308 e. The molecule has 1 aliphatic rings. The number of aliphatic carboxylic acids is 1. The Labute approximate surface area is 76.3 Å². The summed E-state index contributed by atoms with van der Waals surface area (Å²) in [5, 5.41) is 11.1. The van der Waals surface area contributed by atoms with E-state index in [9.17, 15) is 9.59 Å². The molecule has 1 saturated carbocycles. The van der Waals surface area contributed by atoms with Crippen molar-refractivity contribution in [3.8, 4) is 0 Å². The van der Waals surface area contributed by atoms with Crippen molar-refractivity contribution >= 4 is 11.9 Å². The van der Waals surface area contributed by atoms with Crippen LogP contribution >= 0.6 is 0 Å². The maximum atomic E-state index is 11.2. The van der Waals surface area contributed by atoms with Crippen LogP contribution in [-0.2, 0) is 9.59 Å². The lowest BCUT2D eigenvalue weighted by Gasteiger charge is -2.11. The Hall–Kier alpha value is -1.10. The Morgan fingerprint density at radius 1 is 1.62 bits per heavy atom. The predicted octanol–water partition coefficient (Wildman–Crippen LogP) is -0.685. The van der Waals surface area contributed by atoms with Crippen LogP contribution in [0.15, 0.2) is 0 Å². The number of carboxylic acid groups (broad SMARTS) is 1. The number of rotatable bonds is 4. The third-order valence-corrected chi connectivity index (χ3v) is 2.23. The normalized spacial score (nSPS) is 20.5. The number of carbonyl (C=O) groups is 2. The number of carboxylic acids is 1. The van der Waals surface area contributed by atoms with Crippen molar-refractivity contribution in [2.24, 2.45) is 11.7 Å². The third-order valence-electron chi connectivity index (χ3n) is 2.23. The lowest BCUT2D eigenvalue weighted by atomic mass is 10.2. The zero-order chi connectivity index (χ0) is 10.1. The fraction of sp³-hybridized carbons (Fsp3) is 0.750. The molecule has 1 atom stereocenters. The highest BCUT2D eigenvalue weighted by molar-refractivity contribution is 5.89. The number of nitrogens with one attached hydrogen (secondary N) is 1. The number of hydrogen-bond acceptors (Lipinski definition) is 3. The van der Waals surface area contributed by atoms with Gasteiger partial charge in [0.25, 0.3) is 0 Å². The molecule has 4 N–H and O–H groups in total. The molecule has 0 aromatic heterocycles. The van der Waals surface area contributed by atoms with Gasteiger partial charge in [0.15, 0.2) is 0 Å². The van der Waals surface area contributed by atoms with Crippen LogP contribution in [0.25, 0.3) is 0 Å². The zero-order valence-corrected chi connectivity index (χ0v) is 7.54. The molecule has 0 bridgehead atoms. The van der Waals surface area contributed by atoms with E-state index < -0.39 is 17.4 Å². The van der Waals surface area contributed by atoms with E-state index in [0.29, 0.717) is 12.8 Å². The Bertz CT molecular complexity index is 236. The minimum Gasteiger partial charge on any atom is -0.481 e. The fourth-order valence-corrected chi connectivity index (χ4v) is 0.871. The van der Waals surface area contributed by atoms with Crippen LogP contribution in [0.4, 0.5) is 0 Å². The average Bonchev–Trinajstić information content (AvgIpc) is 2.79. The first-order valence-corrected chi connectivity index (χ1v) is 4.26. The van der Waals surface area contributed by atoms with Crippen molar-refractivity contribution in [3.05, 3.63) is 0 Å². The summed E-state index contributed by atoms with van der Waals surface area (Å²) in [6.07, 6.45) is 1.39.